The summed E-state index contributed by atoms with van der Waals surface area (Å²) in [6, 6.07) is 5.10. The summed E-state index contributed by atoms with van der Waals surface area (Å²) < 4.78 is 62.7. The second-order valence-corrected chi connectivity index (χ2v) is 8.32. The fourth-order valence-corrected chi connectivity index (χ4v) is 5.03. The molecule has 1 fully saturated rings. The van der Waals surface area contributed by atoms with Crippen molar-refractivity contribution in [1.82, 2.24) is 14.5 Å². The molecular formula is C23H27F4N3O. The standard InChI is InChI=1S/C23H27F4N3O/c1-4-5-15-7-6-14(2)29(15)10-11-30-19-13-20(31-3)18(24)12-17(19)16-8-9-28-22(21(16)30)23(25,26)27/h8-9,12-15H,4-7,10-11H2,1-3H3. The molecular weight excluding hydrogens is 410 g/mol. The van der Waals surface area contributed by atoms with Gasteiger partial charge in [-0.2, -0.15) is 13.2 Å². The highest BCUT2D eigenvalue weighted by Gasteiger charge is 2.37. The molecule has 2 unspecified atom stereocenters. The zero-order valence-electron chi connectivity index (χ0n) is 18.0. The summed E-state index contributed by atoms with van der Waals surface area (Å²) in [4.78, 5) is 6.05. The summed E-state index contributed by atoms with van der Waals surface area (Å²) in [5, 5.41) is 0.777. The maximum Gasteiger partial charge on any atom is 0.435 e. The summed E-state index contributed by atoms with van der Waals surface area (Å²) >= 11 is 0. The molecule has 0 radical (unpaired) electrons. The third-order valence-corrected chi connectivity index (χ3v) is 6.47. The van der Waals surface area contributed by atoms with Crippen molar-refractivity contribution in [3.05, 3.63) is 35.9 Å². The van der Waals surface area contributed by atoms with E-state index >= 15 is 0 Å². The number of nitrogens with zero attached hydrogens (tertiary/aromatic N) is 3. The highest BCUT2D eigenvalue weighted by molar-refractivity contribution is 6.09. The lowest BCUT2D eigenvalue weighted by Crippen LogP contribution is -2.37. The number of aromatic nitrogens is 2. The average molecular weight is 437 g/mol. The van der Waals surface area contributed by atoms with E-state index in [1.807, 2.05) is 0 Å². The van der Waals surface area contributed by atoms with Gasteiger partial charge < -0.3 is 9.30 Å². The highest BCUT2D eigenvalue weighted by Crippen LogP contribution is 2.39. The summed E-state index contributed by atoms with van der Waals surface area (Å²) in [6.45, 7) is 5.30. The number of rotatable bonds is 6. The fourth-order valence-electron chi connectivity index (χ4n) is 5.03. The molecule has 1 aliphatic heterocycles. The lowest BCUT2D eigenvalue weighted by atomic mass is 10.1. The Morgan fingerprint density at radius 3 is 2.61 bits per heavy atom. The van der Waals surface area contributed by atoms with Crippen LogP contribution in [0.2, 0.25) is 0 Å². The van der Waals surface area contributed by atoms with Gasteiger partial charge in [0.05, 0.1) is 18.1 Å². The van der Waals surface area contributed by atoms with Crippen LogP contribution in [-0.2, 0) is 12.7 Å². The van der Waals surface area contributed by atoms with Crippen molar-refractivity contribution in [2.24, 2.45) is 0 Å². The summed E-state index contributed by atoms with van der Waals surface area (Å²) in [6.07, 6.45) is 0.868. The predicted octanol–water partition coefficient (Wildman–Crippen LogP) is 6.01. The molecule has 0 bridgehead atoms. The lowest BCUT2D eigenvalue weighted by Gasteiger charge is -2.28. The van der Waals surface area contributed by atoms with Gasteiger partial charge in [0.25, 0.3) is 0 Å². The molecule has 1 saturated heterocycles. The van der Waals surface area contributed by atoms with Crippen molar-refractivity contribution in [3.8, 4) is 5.75 Å². The van der Waals surface area contributed by atoms with Crippen LogP contribution in [0.1, 0.15) is 45.2 Å². The van der Waals surface area contributed by atoms with Gasteiger partial charge in [0.1, 0.15) is 0 Å². The largest absolute Gasteiger partial charge is 0.494 e. The van der Waals surface area contributed by atoms with Gasteiger partial charge in [-0.05, 0) is 38.3 Å². The van der Waals surface area contributed by atoms with E-state index in [2.05, 4.69) is 23.7 Å². The first-order valence-electron chi connectivity index (χ1n) is 10.7. The maximum absolute atomic E-state index is 14.4. The van der Waals surface area contributed by atoms with E-state index in [-0.39, 0.29) is 11.3 Å². The van der Waals surface area contributed by atoms with Gasteiger partial charge in [-0.1, -0.05) is 13.3 Å². The Hall–Kier alpha value is -2.35. The van der Waals surface area contributed by atoms with Crippen LogP contribution in [0, 0.1) is 5.82 Å². The van der Waals surface area contributed by atoms with Crippen molar-refractivity contribution in [1.29, 1.82) is 0 Å². The predicted molar refractivity (Wildman–Crippen MR) is 113 cm³/mol. The fraction of sp³-hybridized carbons (Fsp3) is 0.522. The second kappa shape index (κ2) is 8.30. The topological polar surface area (TPSA) is 30.3 Å². The quantitative estimate of drug-likeness (QED) is 0.443. The molecule has 2 atom stereocenters. The first-order chi connectivity index (χ1) is 14.8. The van der Waals surface area contributed by atoms with Gasteiger partial charge in [-0.15, -0.1) is 0 Å². The average Bonchev–Trinajstić information content (AvgIpc) is 3.22. The zero-order valence-corrected chi connectivity index (χ0v) is 18.0. The molecule has 0 N–H and O–H groups in total. The molecule has 3 heterocycles. The number of likely N-dealkylation sites (tertiary alicyclic amines) is 1. The normalized spacial score (nSPS) is 20.2. The molecule has 8 heteroatoms. The minimum atomic E-state index is -4.61. The van der Waals surface area contributed by atoms with Crippen LogP contribution < -0.4 is 4.74 Å². The minimum absolute atomic E-state index is 0.00320. The Kier molecular flexibility index (Phi) is 5.85. The maximum atomic E-state index is 14.4. The number of hydrogen-bond donors (Lipinski definition) is 0. The number of hydrogen-bond acceptors (Lipinski definition) is 3. The molecule has 4 nitrogen and oxygen atoms in total. The van der Waals surface area contributed by atoms with Crippen LogP contribution in [-0.4, -0.2) is 40.2 Å². The van der Waals surface area contributed by atoms with Crippen molar-refractivity contribution in [2.45, 2.75) is 64.3 Å². The highest BCUT2D eigenvalue weighted by atomic mass is 19.4. The van der Waals surface area contributed by atoms with Crippen LogP contribution in [0.25, 0.3) is 21.8 Å². The van der Waals surface area contributed by atoms with Crippen LogP contribution in [0.15, 0.2) is 24.4 Å². The van der Waals surface area contributed by atoms with Crippen molar-refractivity contribution in [2.75, 3.05) is 13.7 Å². The molecule has 31 heavy (non-hydrogen) atoms. The molecule has 2 aromatic heterocycles. The van der Waals surface area contributed by atoms with Gasteiger partial charge in [0.15, 0.2) is 17.3 Å². The van der Waals surface area contributed by atoms with E-state index in [9.17, 15) is 17.6 Å². The lowest BCUT2D eigenvalue weighted by molar-refractivity contribution is -0.140. The van der Waals surface area contributed by atoms with Crippen molar-refractivity contribution >= 4 is 21.8 Å². The molecule has 1 aromatic carbocycles. The SMILES string of the molecule is CCCC1CCC(C)N1CCn1c2cc(OC)c(F)cc2c2ccnc(C(F)(F)F)c21. The van der Waals surface area contributed by atoms with Gasteiger partial charge in [-0.25, -0.2) is 9.37 Å². The zero-order chi connectivity index (χ0) is 22.3. The number of alkyl halides is 3. The molecule has 168 valence electrons. The van der Waals surface area contributed by atoms with E-state index < -0.39 is 17.7 Å². The molecule has 0 amide bonds. The summed E-state index contributed by atoms with van der Waals surface area (Å²) in [5.74, 6) is -0.591. The molecule has 0 aliphatic carbocycles. The number of fused-ring (bicyclic) bond motifs is 3. The Morgan fingerprint density at radius 1 is 1.16 bits per heavy atom. The Bertz CT molecular complexity index is 1090. The first kappa shape index (κ1) is 21.9. The van der Waals surface area contributed by atoms with Crippen molar-refractivity contribution in [3.63, 3.8) is 0 Å². The third-order valence-electron chi connectivity index (χ3n) is 6.47. The van der Waals surface area contributed by atoms with Crippen LogP contribution in [0.5, 0.6) is 5.75 Å². The second-order valence-electron chi connectivity index (χ2n) is 8.32. The van der Waals surface area contributed by atoms with Gasteiger partial charge in [-0.3, -0.25) is 4.90 Å². The van der Waals surface area contributed by atoms with Crippen molar-refractivity contribution < 1.29 is 22.3 Å². The van der Waals surface area contributed by atoms with Crippen LogP contribution in [0.3, 0.4) is 0 Å². The minimum Gasteiger partial charge on any atom is -0.494 e. The Labute approximate surface area is 178 Å². The third kappa shape index (κ3) is 3.86. The van der Waals surface area contributed by atoms with E-state index in [0.29, 0.717) is 41.5 Å². The van der Waals surface area contributed by atoms with Gasteiger partial charge >= 0.3 is 6.18 Å². The van der Waals surface area contributed by atoms with Gasteiger partial charge in [0, 0.05) is 48.2 Å². The summed E-state index contributed by atoms with van der Waals surface area (Å²) in [7, 11) is 1.35. The van der Waals surface area contributed by atoms with E-state index in [1.165, 1.54) is 25.3 Å². The van der Waals surface area contributed by atoms with E-state index in [1.54, 1.807) is 4.57 Å². The Morgan fingerprint density at radius 2 is 1.94 bits per heavy atom. The monoisotopic (exact) mass is 437 g/mol. The number of pyridine rings is 1. The first-order valence-corrected chi connectivity index (χ1v) is 10.7. The van der Waals surface area contributed by atoms with Crippen LogP contribution in [0.4, 0.5) is 17.6 Å². The Balaban J connectivity index is 1.87. The smallest absolute Gasteiger partial charge is 0.435 e. The van der Waals surface area contributed by atoms with E-state index in [4.69, 9.17) is 4.74 Å². The number of ether oxygens (including phenoxy) is 1. The number of benzene rings is 1. The van der Waals surface area contributed by atoms with E-state index in [0.717, 1.165) is 31.9 Å². The molecule has 0 saturated carbocycles. The number of methoxy groups -OCH3 is 1. The van der Waals surface area contributed by atoms with Gasteiger partial charge in [0.2, 0.25) is 0 Å². The molecule has 3 aromatic rings. The van der Waals surface area contributed by atoms with Crippen LogP contribution >= 0.6 is 0 Å². The number of halogens is 4. The molecule has 0 spiro atoms. The molecule has 1 aliphatic rings. The summed E-state index contributed by atoms with van der Waals surface area (Å²) in [5.41, 5.74) is -0.428. The molecule has 4 rings (SSSR count).